The van der Waals surface area contributed by atoms with Crippen molar-refractivity contribution in [3.8, 4) is 11.5 Å². The van der Waals surface area contributed by atoms with Crippen LogP contribution in [0.1, 0.15) is 61.0 Å². The van der Waals surface area contributed by atoms with Gasteiger partial charge in [0.2, 0.25) is 0 Å². The first-order valence-electron chi connectivity index (χ1n) is 12.7. The number of rotatable bonds is 8. The third-order valence-electron chi connectivity index (χ3n) is 7.33. The largest absolute Gasteiger partial charge is 0.508 e. The third-order valence-corrected chi connectivity index (χ3v) is 7.33. The highest BCUT2D eigenvalue weighted by molar-refractivity contribution is 5.98. The normalized spacial score (nSPS) is 11.8. The van der Waals surface area contributed by atoms with E-state index in [9.17, 15) is 33.0 Å². The Morgan fingerprint density at radius 2 is 0.975 bits per heavy atom. The van der Waals surface area contributed by atoms with Crippen molar-refractivity contribution < 1.29 is 33.0 Å². The van der Waals surface area contributed by atoms with Crippen LogP contribution in [0.25, 0.3) is 0 Å². The Morgan fingerprint density at radius 1 is 0.625 bits per heavy atom. The molecule has 0 unspecified atom stereocenters. The molecule has 4 nitrogen and oxygen atoms in total. The molecule has 4 aromatic carbocycles. The van der Waals surface area contributed by atoms with E-state index in [1.807, 2.05) is 13.8 Å². The Balaban J connectivity index is 1.72. The van der Waals surface area contributed by atoms with Crippen molar-refractivity contribution in [2.24, 2.45) is 0 Å². The molecule has 40 heavy (non-hydrogen) atoms. The van der Waals surface area contributed by atoms with Gasteiger partial charge >= 0.3 is 6.18 Å². The van der Waals surface area contributed by atoms with Crippen molar-refractivity contribution in [2.75, 3.05) is 0 Å². The van der Waals surface area contributed by atoms with Crippen LogP contribution in [0.15, 0.2) is 84.9 Å². The van der Waals surface area contributed by atoms with Crippen LogP contribution >= 0.6 is 0 Å². The Bertz CT molecular complexity index is 1440. The van der Waals surface area contributed by atoms with Crippen molar-refractivity contribution in [2.45, 2.75) is 45.2 Å². The van der Waals surface area contributed by atoms with Gasteiger partial charge in [0.05, 0.1) is 0 Å². The van der Waals surface area contributed by atoms with E-state index in [0.29, 0.717) is 11.1 Å². The first-order chi connectivity index (χ1) is 18.8. The number of hydrogen-bond donors (Lipinski definition) is 2. The lowest BCUT2D eigenvalue weighted by Gasteiger charge is -2.34. The molecule has 0 heterocycles. The van der Waals surface area contributed by atoms with Gasteiger partial charge in [0, 0.05) is 35.1 Å². The predicted molar refractivity (Wildman–Crippen MR) is 147 cm³/mol. The van der Waals surface area contributed by atoms with E-state index < -0.39 is 11.6 Å². The number of Topliss-reactive ketones (excluding diaryl/α,β-unsaturated/α-hetero) is 2. The number of carbonyl (C=O) groups is 2. The van der Waals surface area contributed by atoms with Gasteiger partial charge in [0.1, 0.15) is 16.9 Å². The zero-order valence-electron chi connectivity index (χ0n) is 22.3. The summed E-state index contributed by atoms with van der Waals surface area (Å²) in [6.07, 6.45) is -5.37. The van der Waals surface area contributed by atoms with Gasteiger partial charge in [-0.2, -0.15) is 13.2 Å². The summed E-state index contributed by atoms with van der Waals surface area (Å²) in [4.78, 5) is 25.7. The third kappa shape index (κ3) is 5.78. The molecule has 0 amide bonds. The van der Waals surface area contributed by atoms with Gasteiger partial charge in [-0.1, -0.05) is 83.9 Å². The molecule has 0 spiro atoms. The maximum atomic E-state index is 14.8. The van der Waals surface area contributed by atoms with Crippen LogP contribution in [-0.4, -0.2) is 28.0 Å². The van der Waals surface area contributed by atoms with Gasteiger partial charge in [0.25, 0.3) is 0 Å². The number of hydrogen-bond acceptors (Lipinski definition) is 4. The molecule has 4 aromatic rings. The van der Waals surface area contributed by atoms with Gasteiger partial charge in [-0.3, -0.25) is 9.59 Å². The van der Waals surface area contributed by atoms with Crippen LogP contribution in [0.3, 0.4) is 0 Å². The highest BCUT2D eigenvalue weighted by Gasteiger charge is 2.53. The van der Waals surface area contributed by atoms with Gasteiger partial charge in [-0.15, -0.1) is 0 Å². The van der Waals surface area contributed by atoms with E-state index in [1.165, 1.54) is 24.3 Å². The predicted octanol–water partition coefficient (Wildman–Crippen LogP) is 7.43. The first-order valence-corrected chi connectivity index (χ1v) is 12.7. The van der Waals surface area contributed by atoms with Gasteiger partial charge in [0.15, 0.2) is 11.6 Å². The molecule has 0 aromatic heterocycles. The lowest BCUT2D eigenvalue weighted by molar-refractivity contribution is -0.173. The van der Waals surface area contributed by atoms with Crippen molar-refractivity contribution >= 4 is 11.6 Å². The maximum absolute atomic E-state index is 14.8. The molecule has 0 radical (unpaired) electrons. The summed E-state index contributed by atoms with van der Waals surface area (Å²) in [6, 6.07) is 20.6. The molecule has 0 fully saturated rings. The molecule has 0 aliphatic rings. The number of carbonyl (C=O) groups excluding carboxylic acids is 2. The topological polar surface area (TPSA) is 74.6 Å². The van der Waals surface area contributed by atoms with Crippen molar-refractivity contribution in [1.82, 2.24) is 0 Å². The number of phenolic OH excluding ortho intramolecular Hbond substituents is 2. The molecule has 206 valence electrons. The van der Waals surface area contributed by atoms with Crippen molar-refractivity contribution in [1.29, 1.82) is 0 Å². The Morgan fingerprint density at radius 3 is 1.30 bits per heavy atom. The van der Waals surface area contributed by atoms with Crippen LogP contribution in [0.5, 0.6) is 11.5 Å². The molecule has 0 saturated heterocycles. The van der Waals surface area contributed by atoms with Gasteiger partial charge < -0.3 is 10.2 Å². The summed E-state index contributed by atoms with van der Waals surface area (Å²) in [6.45, 7) is 4.74. The zero-order valence-corrected chi connectivity index (χ0v) is 22.3. The van der Waals surface area contributed by atoms with Crippen LogP contribution in [-0.2, 0) is 18.3 Å². The lowest BCUT2D eigenvalue weighted by atomic mass is 9.74. The summed E-state index contributed by atoms with van der Waals surface area (Å²) >= 11 is 0. The molecule has 0 atom stereocenters. The number of halogens is 3. The summed E-state index contributed by atoms with van der Waals surface area (Å²) in [5.74, 6) is -1.27. The fourth-order valence-electron chi connectivity index (χ4n) is 4.60. The Hall–Kier alpha value is -4.39. The molecule has 0 bridgehead atoms. The zero-order chi connectivity index (χ0) is 29.2. The second-order valence-corrected chi connectivity index (χ2v) is 10.2. The number of aryl methyl sites for hydroxylation is 2. The molecule has 0 aliphatic heterocycles. The van der Waals surface area contributed by atoms with E-state index in [-0.39, 0.29) is 58.2 Å². The number of phenols is 2. The SMILES string of the molecule is Cc1ccc(C(=O)Cc2cc(C(C)(c3ccc(O)c(CC(=O)c4ccc(C)cc4)c3)C(F)(F)F)ccc2O)cc1. The average Bonchev–Trinajstić information content (AvgIpc) is 2.90. The molecule has 7 heteroatoms. The van der Waals surface area contributed by atoms with E-state index in [4.69, 9.17) is 0 Å². The second kappa shape index (κ2) is 11.0. The van der Waals surface area contributed by atoms with E-state index in [0.717, 1.165) is 30.2 Å². The number of alkyl halides is 3. The van der Waals surface area contributed by atoms with Crippen LogP contribution in [0.2, 0.25) is 0 Å². The average molecular weight is 547 g/mol. The summed E-state index contributed by atoms with van der Waals surface area (Å²) < 4.78 is 44.4. The van der Waals surface area contributed by atoms with Crippen LogP contribution in [0.4, 0.5) is 13.2 Å². The number of aromatic hydroxyl groups is 2. The van der Waals surface area contributed by atoms with Gasteiger partial charge in [-0.05, 0) is 44.0 Å². The molecular formula is C33H29F3O4. The van der Waals surface area contributed by atoms with E-state index >= 15 is 0 Å². The fraction of sp³-hybridized carbons (Fsp3) is 0.212. The number of benzene rings is 4. The smallest absolute Gasteiger partial charge is 0.402 e. The summed E-state index contributed by atoms with van der Waals surface area (Å²) in [7, 11) is 0. The van der Waals surface area contributed by atoms with E-state index in [2.05, 4.69) is 0 Å². The number of ketones is 2. The minimum absolute atomic E-state index is 0.0621. The van der Waals surface area contributed by atoms with Crippen LogP contribution < -0.4 is 0 Å². The van der Waals surface area contributed by atoms with Crippen molar-refractivity contribution in [3.63, 3.8) is 0 Å². The fourth-order valence-corrected chi connectivity index (χ4v) is 4.60. The lowest BCUT2D eigenvalue weighted by Crippen LogP contribution is -2.40. The quantitative estimate of drug-likeness (QED) is 0.225. The molecule has 0 saturated carbocycles. The second-order valence-electron chi connectivity index (χ2n) is 10.2. The molecule has 2 N–H and O–H groups in total. The molecule has 4 rings (SSSR count). The molecular weight excluding hydrogens is 517 g/mol. The van der Waals surface area contributed by atoms with E-state index in [1.54, 1.807) is 48.5 Å². The monoisotopic (exact) mass is 546 g/mol. The van der Waals surface area contributed by atoms with Gasteiger partial charge in [-0.25, -0.2) is 0 Å². The minimum Gasteiger partial charge on any atom is -0.508 e. The highest BCUT2D eigenvalue weighted by atomic mass is 19.4. The molecule has 0 aliphatic carbocycles. The van der Waals surface area contributed by atoms with Crippen LogP contribution in [0, 0.1) is 13.8 Å². The Labute approximate surface area is 230 Å². The maximum Gasteiger partial charge on any atom is 0.402 e. The standard InChI is InChI=1S/C33H29F3O4/c1-20-4-8-22(9-5-20)30(39)18-24-16-26(12-14-28(24)37)32(3,33(34,35)36)27-13-15-29(38)25(17-27)19-31(40)23-10-6-21(2)7-11-23/h4-17,37-38H,18-19H2,1-3H3. The first kappa shape index (κ1) is 28.6. The van der Waals surface area contributed by atoms with Crippen molar-refractivity contribution in [3.05, 3.63) is 129 Å². The Kier molecular flexibility index (Phi) is 7.87. The summed E-state index contributed by atoms with van der Waals surface area (Å²) in [5.41, 5.74) is -0.146. The minimum atomic E-state index is -4.79. The summed E-state index contributed by atoms with van der Waals surface area (Å²) in [5, 5.41) is 20.8. The highest BCUT2D eigenvalue weighted by Crippen LogP contribution is 2.47.